The Morgan fingerprint density at radius 3 is 2.44 bits per heavy atom. The van der Waals surface area contributed by atoms with Crippen LogP contribution in [0.15, 0.2) is 24.3 Å². The van der Waals surface area contributed by atoms with Gasteiger partial charge in [0.15, 0.2) is 0 Å². The lowest BCUT2D eigenvalue weighted by atomic mass is 9.94. The van der Waals surface area contributed by atoms with Crippen molar-refractivity contribution in [1.29, 1.82) is 0 Å². The number of piperidine rings is 1. The van der Waals surface area contributed by atoms with Gasteiger partial charge in [0.05, 0.1) is 6.10 Å². The molecule has 2 N–H and O–H groups in total. The van der Waals surface area contributed by atoms with Crippen LogP contribution in [-0.2, 0) is 11.2 Å². The van der Waals surface area contributed by atoms with E-state index in [9.17, 15) is 4.79 Å². The highest BCUT2D eigenvalue weighted by Gasteiger charge is 2.17. The van der Waals surface area contributed by atoms with Gasteiger partial charge in [0.1, 0.15) is 5.75 Å². The molecule has 1 amide bonds. The lowest BCUT2D eigenvalue weighted by molar-refractivity contribution is -0.122. The van der Waals surface area contributed by atoms with Crippen molar-refractivity contribution < 1.29 is 9.53 Å². The van der Waals surface area contributed by atoms with Crippen LogP contribution in [0.25, 0.3) is 0 Å². The minimum atomic E-state index is 0. The van der Waals surface area contributed by atoms with E-state index < -0.39 is 0 Å². The predicted molar refractivity (Wildman–Crippen MR) is 103 cm³/mol. The molecule has 5 heteroatoms. The van der Waals surface area contributed by atoms with E-state index in [1.807, 2.05) is 0 Å². The van der Waals surface area contributed by atoms with Gasteiger partial charge in [-0.1, -0.05) is 12.1 Å². The highest BCUT2D eigenvalue weighted by Crippen LogP contribution is 2.24. The average molecular weight is 367 g/mol. The molecule has 1 aromatic rings. The van der Waals surface area contributed by atoms with Crippen molar-refractivity contribution >= 4 is 18.3 Å². The average Bonchev–Trinajstić information content (AvgIpc) is 3.10. The minimum absolute atomic E-state index is 0. The fourth-order valence-corrected chi connectivity index (χ4v) is 3.70. The van der Waals surface area contributed by atoms with Gasteiger partial charge >= 0.3 is 0 Å². The topological polar surface area (TPSA) is 50.4 Å². The number of carbonyl (C=O) groups is 1. The first-order valence-corrected chi connectivity index (χ1v) is 9.52. The van der Waals surface area contributed by atoms with Crippen LogP contribution in [0.1, 0.15) is 50.5 Å². The molecule has 140 valence electrons. The zero-order chi connectivity index (χ0) is 16.6. The van der Waals surface area contributed by atoms with E-state index in [4.69, 9.17) is 4.74 Å². The number of nitrogens with one attached hydrogen (secondary N) is 2. The molecule has 0 spiro atoms. The molecular formula is C20H31ClN2O2. The number of hydrogen-bond acceptors (Lipinski definition) is 3. The quantitative estimate of drug-likeness (QED) is 0.776. The molecule has 2 aliphatic rings. The van der Waals surface area contributed by atoms with Crippen molar-refractivity contribution in [3.8, 4) is 5.75 Å². The molecule has 1 aliphatic carbocycles. The number of carbonyl (C=O) groups excluding carboxylic acids is 1. The van der Waals surface area contributed by atoms with Crippen molar-refractivity contribution in [3.63, 3.8) is 0 Å². The molecule has 1 saturated heterocycles. The number of hydrogen-bond donors (Lipinski definition) is 2. The number of halogens is 1. The maximum absolute atomic E-state index is 12.0. The van der Waals surface area contributed by atoms with E-state index in [0.717, 1.165) is 38.1 Å². The molecule has 2 fully saturated rings. The van der Waals surface area contributed by atoms with Crippen LogP contribution in [0, 0.1) is 5.92 Å². The molecule has 1 aromatic carbocycles. The standard InChI is InChI=1S/C20H30N2O2.ClH/c23-20(15-17-9-12-21-13-10-17)22-14-11-16-5-7-19(8-6-16)24-18-3-1-2-4-18;/h5-8,17-18,21H,1-4,9-15H2,(H,22,23);1H. The molecule has 0 radical (unpaired) electrons. The molecule has 0 atom stereocenters. The van der Waals surface area contributed by atoms with E-state index in [1.54, 1.807) is 0 Å². The summed E-state index contributed by atoms with van der Waals surface area (Å²) in [6.07, 6.45) is 9.16. The Kier molecular flexibility index (Phi) is 8.56. The van der Waals surface area contributed by atoms with E-state index >= 15 is 0 Å². The maximum atomic E-state index is 12.0. The third kappa shape index (κ3) is 6.87. The summed E-state index contributed by atoms with van der Waals surface area (Å²) in [6.45, 7) is 2.81. The van der Waals surface area contributed by atoms with Crippen molar-refractivity contribution in [2.75, 3.05) is 19.6 Å². The van der Waals surface area contributed by atoms with Crippen molar-refractivity contribution in [2.24, 2.45) is 5.92 Å². The van der Waals surface area contributed by atoms with Crippen LogP contribution in [0.5, 0.6) is 5.75 Å². The van der Waals surface area contributed by atoms with Crippen LogP contribution >= 0.6 is 12.4 Å². The number of rotatable bonds is 7. The second kappa shape index (κ2) is 10.7. The van der Waals surface area contributed by atoms with Crippen LogP contribution < -0.4 is 15.4 Å². The van der Waals surface area contributed by atoms with Crippen LogP contribution in [0.2, 0.25) is 0 Å². The lowest BCUT2D eigenvalue weighted by Crippen LogP contribution is -2.33. The molecular weight excluding hydrogens is 336 g/mol. The summed E-state index contributed by atoms with van der Waals surface area (Å²) >= 11 is 0. The van der Waals surface area contributed by atoms with E-state index in [1.165, 1.54) is 31.2 Å². The predicted octanol–water partition coefficient (Wildman–Crippen LogP) is 3.48. The molecule has 0 aromatic heterocycles. The van der Waals surface area contributed by atoms with Gasteiger partial charge in [0.25, 0.3) is 0 Å². The Labute approximate surface area is 157 Å². The molecule has 25 heavy (non-hydrogen) atoms. The zero-order valence-corrected chi connectivity index (χ0v) is 15.8. The second-order valence-corrected chi connectivity index (χ2v) is 7.17. The summed E-state index contributed by atoms with van der Waals surface area (Å²) in [6, 6.07) is 8.35. The summed E-state index contributed by atoms with van der Waals surface area (Å²) in [5, 5.41) is 6.40. The van der Waals surface area contributed by atoms with Crippen molar-refractivity contribution in [2.45, 2.75) is 57.5 Å². The summed E-state index contributed by atoms with van der Waals surface area (Å²) in [5.74, 6) is 1.72. The minimum Gasteiger partial charge on any atom is -0.490 e. The summed E-state index contributed by atoms with van der Waals surface area (Å²) < 4.78 is 5.98. The van der Waals surface area contributed by atoms with E-state index in [0.29, 0.717) is 25.0 Å². The van der Waals surface area contributed by atoms with Crippen LogP contribution in [0.4, 0.5) is 0 Å². The highest BCUT2D eigenvalue weighted by atomic mass is 35.5. The third-order valence-electron chi connectivity index (χ3n) is 5.20. The molecule has 3 rings (SSSR count). The van der Waals surface area contributed by atoms with E-state index in [2.05, 4.69) is 34.9 Å². The number of benzene rings is 1. The molecule has 1 saturated carbocycles. The zero-order valence-electron chi connectivity index (χ0n) is 15.0. The fourth-order valence-electron chi connectivity index (χ4n) is 3.70. The molecule has 4 nitrogen and oxygen atoms in total. The van der Waals surface area contributed by atoms with Gasteiger partial charge in [0.2, 0.25) is 5.91 Å². The summed E-state index contributed by atoms with van der Waals surface area (Å²) in [4.78, 5) is 12.0. The Morgan fingerprint density at radius 1 is 1.08 bits per heavy atom. The normalized spacial score (nSPS) is 18.6. The monoisotopic (exact) mass is 366 g/mol. The second-order valence-electron chi connectivity index (χ2n) is 7.17. The number of ether oxygens (including phenoxy) is 1. The smallest absolute Gasteiger partial charge is 0.220 e. The largest absolute Gasteiger partial charge is 0.490 e. The fraction of sp³-hybridized carbons (Fsp3) is 0.650. The van der Waals surface area contributed by atoms with Crippen molar-refractivity contribution in [1.82, 2.24) is 10.6 Å². The SMILES string of the molecule is Cl.O=C(CC1CCNCC1)NCCc1ccc(OC2CCCC2)cc1. The van der Waals surface area contributed by atoms with Gasteiger partial charge in [-0.15, -0.1) is 12.4 Å². The Bertz CT molecular complexity index is 509. The first-order chi connectivity index (χ1) is 11.8. The van der Waals surface area contributed by atoms with Gasteiger partial charge in [-0.05, 0) is 81.6 Å². The Morgan fingerprint density at radius 2 is 1.76 bits per heavy atom. The first-order valence-electron chi connectivity index (χ1n) is 9.52. The van der Waals surface area contributed by atoms with Crippen LogP contribution in [0.3, 0.4) is 0 Å². The molecule has 1 aliphatic heterocycles. The summed E-state index contributed by atoms with van der Waals surface area (Å²) in [5.41, 5.74) is 1.25. The first kappa shape index (κ1) is 20.1. The van der Waals surface area contributed by atoms with Gasteiger partial charge < -0.3 is 15.4 Å². The Hall–Kier alpha value is -1.26. The Balaban J connectivity index is 0.00000225. The molecule has 0 bridgehead atoms. The van der Waals surface area contributed by atoms with Gasteiger partial charge in [-0.2, -0.15) is 0 Å². The van der Waals surface area contributed by atoms with Gasteiger partial charge in [0, 0.05) is 13.0 Å². The molecule has 0 unspecified atom stereocenters. The lowest BCUT2D eigenvalue weighted by Gasteiger charge is -2.21. The van der Waals surface area contributed by atoms with Crippen molar-refractivity contribution in [3.05, 3.63) is 29.8 Å². The van der Waals surface area contributed by atoms with Gasteiger partial charge in [-0.25, -0.2) is 0 Å². The van der Waals surface area contributed by atoms with Crippen LogP contribution in [-0.4, -0.2) is 31.6 Å². The number of amides is 1. The maximum Gasteiger partial charge on any atom is 0.220 e. The summed E-state index contributed by atoms with van der Waals surface area (Å²) in [7, 11) is 0. The third-order valence-corrected chi connectivity index (χ3v) is 5.20. The van der Waals surface area contributed by atoms with E-state index in [-0.39, 0.29) is 18.3 Å². The highest BCUT2D eigenvalue weighted by molar-refractivity contribution is 5.85. The van der Waals surface area contributed by atoms with Gasteiger partial charge in [-0.3, -0.25) is 4.79 Å². The molecule has 1 heterocycles.